The molecular weight excluding hydrogens is 408 g/mol. The lowest BCUT2D eigenvalue weighted by Gasteiger charge is -2.21. The second-order valence-corrected chi connectivity index (χ2v) is 8.17. The van der Waals surface area contributed by atoms with Gasteiger partial charge in [-0.3, -0.25) is 0 Å². The Kier molecular flexibility index (Phi) is 7.12. The van der Waals surface area contributed by atoms with Crippen molar-refractivity contribution >= 4 is 23.5 Å². The molecule has 0 spiro atoms. The SMILES string of the molecule is CSc1ccccc1NC(=O)N1CCOc2ccc(COCc3ccccc3)cc2C1. The normalized spacial score (nSPS) is 13.1. The summed E-state index contributed by atoms with van der Waals surface area (Å²) in [6.45, 7) is 2.57. The van der Waals surface area contributed by atoms with Crippen LogP contribution in [0.1, 0.15) is 16.7 Å². The van der Waals surface area contributed by atoms with Crippen molar-refractivity contribution in [1.82, 2.24) is 4.90 Å². The zero-order chi connectivity index (χ0) is 21.5. The first kappa shape index (κ1) is 21.3. The van der Waals surface area contributed by atoms with Gasteiger partial charge < -0.3 is 19.7 Å². The highest BCUT2D eigenvalue weighted by molar-refractivity contribution is 7.98. The maximum atomic E-state index is 12.9. The number of ether oxygens (including phenoxy) is 2. The first-order chi connectivity index (χ1) is 15.2. The molecule has 3 aromatic carbocycles. The molecule has 1 aliphatic heterocycles. The summed E-state index contributed by atoms with van der Waals surface area (Å²) in [5.74, 6) is 0.826. The minimum Gasteiger partial charge on any atom is -0.491 e. The van der Waals surface area contributed by atoms with E-state index in [2.05, 4.69) is 23.5 Å². The van der Waals surface area contributed by atoms with Crippen molar-refractivity contribution in [2.24, 2.45) is 0 Å². The highest BCUT2D eigenvalue weighted by atomic mass is 32.2. The molecule has 0 saturated heterocycles. The van der Waals surface area contributed by atoms with Crippen molar-refractivity contribution < 1.29 is 14.3 Å². The number of anilines is 1. The van der Waals surface area contributed by atoms with Gasteiger partial charge in [0.25, 0.3) is 0 Å². The molecule has 2 amide bonds. The van der Waals surface area contributed by atoms with E-state index in [1.165, 1.54) is 0 Å². The maximum absolute atomic E-state index is 12.9. The van der Waals surface area contributed by atoms with Crippen molar-refractivity contribution in [2.75, 3.05) is 24.7 Å². The molecule has 0 aromatic heterocycles. The highest BCUT2D eigenvalue weighted by Gasteiger charge is 2.21. The third-order valence-corrected chi connectivity index (χ3v) is 5.92. The van der Waals surface area contributed by atoms with Crippen LogP contribution >= 0.6 is 11.8 Å². The second kappa shape index (κ2) is 10.4. The Labute approximate surface area is 187 Å². The largest absolute Gasteiger partial charge is 0.491 e. The summed E-state index contributed by atoms with van der Waals surface area (Å²) in [7, 11) is 0. The van der Waals surface area contributed by atoms with Crippen LogP contribution < -0.4 is 10.1 Å². The Morgan fingerprint density at radius 2 is 1.81 bits per heavy atom. The van der Waals surface area contributed by atoms with Crippen LogP contribution in [0.5, 0.6) is 5.75 Å². The number of fused-ring (bicyclic) bond motifs is 1. The molecule has 0 unspecified atom stereocenters. The highest BCUT2D eigenvalue weighted by Crippen LogP contribution is 2.27. The number of benzene rings is 3. The molecule has 0 aliphatic carbocycles. The van der Waals surface area contributed by atoms with Crippen LogP contribution in [0.15, 0.2) is 77.7 Å². The maximum Gasteiger partial charge on any atom is 0.322 e. The number of hydrogen-bond acceptors (Lipinski definition) is 4. The van der Waals surface area contributed by atoms with Crippen LogP contribution in [0.2, 0.25) is 0 Å². The lowest BCUT2D eigenvalue weighted by Crippen LogP contribution is -2.36. The number of carbonyl (C=O) groups excluding carboxylic acids is 1. The zero-order valence-corrected chi connectivity index (χ0v) is 18.4. The first-order valence-corrected chi connectivity index (χ1v) is 11.5. The van der Waals surface area contributed by atoms with Crippen molar-refractivity contribution in [2.45, 2.75) is 24.7 Å². The number of hydrogen-bond donors (Lipinski definition) is 1. The van der Waals surface area contributed by atoms with Crippen molar-refractivity contribution in [3.8, 4) is 5.75 Å². The number of urea groups is 1. The van der Waals surface area contributed by atoms with Crippen LogP contribution in [0.4, 0.5) is 10.5 Å². The third kappa shape index (κ3) is 5.60. The van der Waals surface area contributed by atoms with E-state index in [-0.39, 0.29) is 6.03 Å². The van der Waals surface area contributed by atoms with Gasteiger partial charge in [0.05, 0.1) is 32.0 Å². The van der Waals surface area contributed by atoms with E-state index in [0.29, 0.717) is 32.9 Å². The average Bonchev–Trinajstić information content (AvgIpc) is 3.02. The fraction of sp³-hybridized carbons (Fsp3) is 0.240. The minimum atomic E-state index is -0.122. The Morgan fingerprint density at radius 1 is 1.03 bits per heavy atom. The fourth-order valence-electron chi connectivity index (χ4n) is 3.51. The molecule has 31 heavy (non-hydrogen) atoms. The predicted octanol–water partition coefficient (Wildman–Crippen LogP) is 5.55. The Bertz CT molecular complexity index is 1030. The minimum absolute atomic E-state index is 0.122. The summed E-state index contributed by atoms with van der Waals surface area (Å²) in [6, 6.07) is 23.9. The number of rotatable bonds is 6. The second-order valence-electron chi connectivity index (χ2n) is 7.32. The van der Waals surface area contributed by atoms with Crippen molar-refractivity contribution in [1.29, 1.82) is 0 Å². The molecule has 160 valence electrons. The summed E-state index contributed by atoms with van der Waals surface area (Å²) in [4.78, 5) is 15.8. The molecule has 3 aromatic rings. The predicted molar refractivity (Wildman–Crippen MR) is 125 cm³/mol. The van der Waals surface area contributed by atoms with Gasteiger partial charge in [0.2, 0.25) is 0 Å². The first-order valence-electron chi connectivity index (χ1n) is 10.3. The van der Waals surface area contributed by atoms with E-state index in [1.807, 2.05) is 60.9 Å². The van der Waals surface area contributed by atoms with Gasteiger partial charge in [-0.05, 0) is 41.6 Å². The van der Waals surface area contributed by atoms with Gasteiger partial charge in [-0.15, -0.1) is 11.8 Å². The van der Waals surface area contributed by atoms with E-state index in [0.717, 1.165) is 33.0 Å². The smallest absolute Gasteiger partial charge is 0.322 e. The lowest BCUT2D eigenvalue weighted by atomic mass is 10.1. The quantitative estimate of drug-likeness (QED) is 0.517. The van der Waals surface area contributed by atoms with E-state index in [9.17, 15) is 4.79 Å². The molecule has 5 nitrogen and oxygen atoms in total. The molecule has 0 bridgehead atoms. The molecule has 0 radical (unpaired) electrons. The summed E-state index contributed by atoms with van der Waals surface area (Å²) in [5.41, 5.74) is 4.03. The lowest BCUT2D eigenvalue weighted by molar-refractivity contribution is 0.107. The standard InChI is InChI=1S/C25H26N2O3S/c1-31-24-10-6-5-9-22(24)26-25(28)27-13-14-30-23-12-11-20(15-21(23)16-27)18-29-17-19-7-3-2-4-8-19/h2-12,15H,13-14,16-18H2,1H3,(H,26,28). The van der Waals surface area contributed by atoms with Gasteiger partial charge in [0.1, 0.15) is 12.4 Å². The molecular formula is C25H26N2O3S. The Balaban J connectivity index is 1.41. The van der Waals surface area contributed by atoms with E-state index >= 15 is 0 Å². The van der Waals surface area contributed by atoms with Crippen molar-refractivity contribution in [3.63, 3.8) is 0 Å². The number of carbonyl (C=O) groups is 1. The molecule has 1 aliphatic rings. The van der Waals surface area contributed by atoms with Gasteiger partial charge in [0, 0.05) is 10.5 Å². The Hall–Kier alpha value is -2.96. The van der Waals surface area contributed by atoms with E-state index in [1.54, 1.807) is 16.7 Å². The summed E-state index contributed by atoms with van der Waals surface area (Å²) in [6.07, 6.45) is 2.00. The molecule has 0 atom stereocenters. The monoisotopic (exact) mass is 434 g/mol. The van der Waals surface area contributed by atoms with Crippen LogP contribution in [0, 0.1) is 0 Å². The van der Waals surface area contributed by atoms with Crippen molar-refractivity contribution in [3.05, 3.63) is 89.5 Å². The molecule has 0 saturated carbocycles. The molecule has 6 heteroatoms. The summed E-state index contributed by atoms with van der Waals surface area (Å²) < 4.78 is 11.8. The third-order valence-electron chi connectivity index (χ3n) is 5.12. The summed E-state index contributed by atoms with van der Waals surface area (Å²) in [5, 5.41) is 3.04. The molecule has 1 heterocycles. The zero-order valence-electron chi connectivity index (χ0n) is 17.5. The van der Waals surface area contributed by atoms with Crippen LogP contribution in [0.3, 0.4) is 0 Å². The van der Waals surface area contributed by atoms with Crippen LogP contribution in [-0.2, 0) is 24.5 Å². The number of thioether (sulfide) groups is 1. The van der Waals surface area contributed by atoms with E-state index in [4.69, 9.17) is 9.47 Å². The molecule has 0 fully saturated rings. The average molecular weight is 435 g/mol. The fourth-order valence-corrected chi connectivity index (χ4v) is 4.07. The van der Waals surface area contributed by atoms with Crippen LogP contribution in [0.25, 0.3) is 0 Å². The van der Waals surface area contributed by atoms with Gasteiger partial charge in [-0.2, -0.15) is 0 Å². The topological polar surface area (TPSA) is 50.8 Å². The number of para-hydroxylation sites is 1. The Morgan fingerprint density at radius 3 is 2.65 bits per heavy atom. The summed E-state index contributed by atoms with van der Waals surface area (Å²) >= 11 is 1.61. The van der Waals surface area contributed by atoms with E-state index < -0.39 is 0 Å². The number of nitrogens with one attached hydrogen (secondary N) is 1. The molecule has 1 N–H and O–H groups in total. The molecule has 4 rings (SSSR count). The van der Waals surface area contributed by atoms with Gasteiger partial charge in [-0.25, -0.2) is 4.79 Å². The number of amides is 2. The van der Waals surface area contributed by atoms with Gasteiger partial charge >= 0.3 is 6.03 Å². The van der Waals surface area contributed by atoms with Gasteiger partial charge in [-0.1, -0.05) is 48.5 Å². The number of nitrogens with zero attached hydrogens (tertiary/aromatic N) is 1. The van der Waals surface area contributed by atoms with Gasteiger partial charge in [0.15, 0.2) is 0 Å². The van der Waals surface area contributed by atoms with Crippen LogP contribution in [-0.4, -0.2) is 30.3 Å².